The van der Waals surface area contributed by atoms with Gasteiger partial charge in [0.2, 0.25) is 0 Å². The summed E-state index contributed by atoms with van der Waals surface area (Å²) in [4.78, 5) is 2.15. The van der Waals surface area contributed by atoms with E-state index in [1.165, 1.54) is 6.07 Å². The average molecular weight is 355 g/mol. The third-order valence-corrected chi connectivity index (χ3v) is 4.06. The maximum absolute atomic E-state index is 13.7. The molecule has 0 saturated carbocycles. The van der Waals surface area contributed by atoms with Crippen molar-refractivity contribution in [3.8, 4) is 0 Å². The Labute approximate surface area is 140 Å². The molecular weight excluding hydrogens is 332 g/mol. The minimum Gasteiger partial charge on any atom is -0.314 e. The van der Waals surface area contributed by atoms with Crippen molar-refractivity contribution in [2.75, 3.05) is 26.2 Å². The first kappa shape index (κ1) is 20.2. The Kier molecular flexibility index (Phi) is 7.77. The highest BCUT2D eigenvalue weighted by Gasteiger charge is 2.32. The Morgan fingerprint density at radius 1 is 1.17 bits per heavy atom. The minimum atomic E-state index is -4.52. The lowest BCUT2D eigenvalue weighted by molar-refractivity contribution is -0.137. The monoisotopic (exact) mass is 354 g/mol. The molecule has 0 spiro atoms. The lowest BCUT2D eigenvalue weighted by Gasteiger charge is -2.35. The number of nitrogens with one attached hydrogen (secondary N) is 1. The lowest BCUT2D eigenvalue weighted by Crippen LogP contribution is -2.45. The predicted octanol–water partition coefficient (Wildman–Crippen LogP) is 4.40. The molecule has 0 aliphatic carbocycles. The third kappa shape index (κ3) is 5.62. The quantitative estimate of drug-likeness (QED) is 0.788. The molecule has 1 atom stereocenters. The van der Waals surface area contributed by atoms with E-state index in [2.05, 4.69) is 10.2 Å². The number of unbranched alkanes of at least 4 members (excludes halogenated alkanes) is 1. The van der Waals surface area contributed by atoms with Gasteiger partial charge in [-0.2, -0.15) is 13.2 Å². The smallest absolute Gasteiger partial charge is 0.314 e. The Balaban J connectivity index is 0.00000264. The van der Waals surface area contributed by atoms with E-state index in [-0.39, 0.29) is 18.4 Å². The highest BCUT2D eigenvalue weighted by Crippen LogP contribution is 2.34. The van der Waals surface area contributed by atoms with Crippen molar-refractivity contribution in [3.63, 3.8) is 0 Å². The topological polar surface area (TPSA) is 15.3 Å². The molecule has 1 aliphatic rings. The number of rotatable bonds is 5. The Hall–Kier alpha value is -0.850. The number of hydrogen-bond donors (Lipinski definition) is 1. The second kappa shape index (κ2) is 8.85. The molecule has 23 heavy (non-hydrogen) atoms. The molecule has 2 rings (SSSR count). The molecular formula is C16H23ClF4N2. The molecule has 1 heterocycles. The zero-order chi connectivity index (χ0) is 16.2. The molecule has 1 N–H and O–H groups in total. The first-order valence-corrected chi connectivity index (χ1v) is 7.74. The Morgan fingerprint density at radius 2 is 1.83 bits per heavy atom. The van der Waals surface area contributed by atoms with Crippen molar-refractivity contribution >= 4 is 12.4 Å². The summed E-state index contributed by atoms with van der Waals surface area (Å²) in [5, 5.41) is 3.23. The normalized spacial score (nSPS) is 17.6. The van der Waals surface area contributed by atoms with Gasteiger partial charge in [0.1, 0.15) is 5.82 Å². The summed E-state index contributed by atoms with van der Waals surface area (Å²) in [6.07, 6.45) is -1.90. The van der Waals surface area contributed by atoms with Crippen LogP contribution in [0.4, 0.5) is 17.6 Å². The van der Waals surface area contributed by atoms with Crippen molar-refractivity contribution < 1.29 is 17.6 Å². The molecule has 1 aromatic rings. The number of nitrogens with zero attached hydrogens (tertiary/aromatic N) is 1. The summed E-state index contributed by atoms with van der Waals surface area (Å²) in [6, 6.07) is 2.76. The van der Waals surface area contributed by atoms with Crippen LogP contribution in [0.2, 0.25) is 0 Å². The lowest BCUT2D eigenvalue weighted by atomic mass is 9.96. The molecule has 7 heteroatoms. The SMILES string of the molecule is CCCC[C@@H](c1cc(F)cc(C(F)(F)F)c1)N1CCNCC1.Cl. The van der Waals surface area contributed by atoms with Gasteiger partial charge in [-0.05, 0) is 30.2 Å². The number of halogens is 5. The van der Waals surface area contributed by atoms with E-state index in [9.17, 15) is 17.6 Å². The second-order valence-corrected chi connectivity index (χ2v) is 5.71. The van der Waals surface area contributed by atoms with Gasteiger partial charge < -0.3 is 5.32 Å². The van der Waals surface area contributed by atoms with Crippen LogP contribution in [0.15, 0.2) is 18.2 Å². The van der Waals surface area contributed by atoms with E-state index in [1.807, 2.05) is 6.92 Å². The average Bonchev–Trinajstić information content (AvgIpc) is 2.47. The maximum atomic E-state index is 13.7. The van der Waals surface area contributed by atoms with E-state index in [1.54, 1.807) is 0 Å². The van der Waals surface area contributed by atoms with E-state index < -0.39 is 17.6 Å². The Bertz CT molecular complexity index is 487. The third-order valence-electron chi connectivity index (χ3n) is 4.06. The number of benzene rings is 1. The van der Waals surface area contributed by atoms with Gasteiger partial charge in [-0.25, -0.2) is 4.39 Å². The van der Waals surface area contributed by atoms with Crippen molar-refractivity contribution in [1.29, 1.82) is 0 Å². The zero-order valence-corrected chi connectivity index (χ0v) is 13.9. The van der Waals surface area contributed by atoms with Crippen LogP contribution in [0, 0.1) is 5.82 Å². The number of hydrogen-bond acceptors (Lipinski definition) is 2. The molecule has 0 bridgehead atoms. The summed E-state index contributed by atoms with van der Waals surface area (Å²) in [6.45, 7) is 5.20. The first-order chi connectivity index (χ1) is 10.4. The highest BCUT2D eigenvalue weighted by molar-refractivity contribution is 5.85. The molecule has 2 nitrogen and oxygen atoms in total. The fourth-order valence-corrected chi connectivity index (χ4v) is 2.92. The van der Waals surface area contributed by atoms with E-state index in [0.717, 1.165) is 51.5 Å². The van der Waals surface area contributed by atoms with Gasteiger partial charge in [0.25, 0.3) is 0 Å². The fraction of sp³-hybridized carbons (Fsp3) is 0.625. The maximum Gasteiger partial charge on any atom is 0.416 e. The number of piperazine rings is 1. The second-order valence-electron chi connectivity index (χ2n) is 5.71. The van der Waals surface area contributed by atoms with Gasteiger partial charge in [0, 0.05) is 32.2 Å². The Morgan fingerprint density at radius 3 is 2.39 bits per heavy atom. The van der Waals surface area contributed by atoms with E-state index in [0.29, 0.717) is 11.6 Å². The molecule has 0 unspecified atom stereocenters. The van der Waals surface area contributed by atoms with Crippen LogP contribution in [-0.2, 0) is 6.18 Å². The van der Waals surface area contributed by atoms with Crippen LogP contribution >= 0.6 is 12.4 Å². The molecule has 0 aromatic heterocycles. The molecule has 0 radical (unpaired) electrons. The minimum absolute atomic E-state index is 0. The molecule has 0 amide bonds. The van der Waals surface area contributed by atoms with Crippen LogP contribution in [0.25, 0.3) is 0 Å². The highest BCUT2D eigenvalue weighted by atomic mass is 35.5. The molecule has 1 aliphatic heterocycles. The van der Waals surface area contributed by atoms with Gasteiger partial charge >= 0.3 is 6.18 Å². The standard InChI is InChI=1S/C16H22F4N2.ClH/c1-2-3-4-15(22-7-5-21-6-8-22)12-9-13(16(18,19)20)11-14(17)10-12;/h9-11,15,21H,2-8H2,1H3;1H/t15-;/m0./s1. The van der Waals surface area contributed by atoms with Crippen molar-refractivity contribution in [3.05, 3.63) is 35.1 Å². The van der Waals surface area contributed by atoms with Crippen molar-refractivity contribution in [2.45, 2.75) is 38.4 Å². The summed E-state index contributed by atoms with van der Waals surface area (Å²) >= 11 is 0. The van der Waals surface area contributed by atoms with Crippen molar-refractivity contribution in [1.82, 2.24) is 10.2 Å². The van der Waals surface area contributed by atoms with Gasteiger partial charge in [-0.15, -0.1) is 12.4 Å². The van der Waals surface area contributed by atoms with E-state index >= 15 is 0 Å². The van der Waals surface area contributed by atoms with Crippen LogP contribution in [0.5, 0.6) is 0 Å². The molecule has 1 fully saturated rings. The molecule has 1 saturated heterocycles. The summed E-state index contributed by atoms with van der Waals surface area (Å²) in [5.74, 6) is -0.818. The van der Waals surface area contributed by atoms with Crippen LogP contribution in [-0.4, -0.2) is 31.1 Å². The summed E-state index contributed by atoms with van der Waals surface area (Å²) < 4.78 is 52.4. The van der Waals surface area contributed by atoms with Crippen LogP contribution in [0.3, 0.4) is 0 Å². The van der Waals surface area contributed by atoms with Gasteiger partial charge in [-0.1, -0.05) is 19.8 Å². The summed E-state index contributed by atoms with van der Waals surface area (Å²) in [5.41, 5.74) is -0.471. The van der Waals surface area contributed by atoms with Crippen molar-refractivity contribution in [2.24, 2.45) is 0 Å². The number of alkyl halides is 3. The molecule has 1 aromatic carbocycles. The largest absolute Gasteiger partial charge is 0.416 e. The van der Waals surface area contributed by atoms with Gasteiger partial charge in [0.15, 0.2) is 0 Å². The zero-order valence-electron chi connectivity index (χ0n) is 13.1. The van der Waals surface area contributed by atoms with Gasteiger partial charge in [-0.3, -0.25) is 4.90 Å². The van der Waals surface area contributed by atoms with Crippen LogP contribution < -0.4 is 5.32 Å². The predicted molar refractivity (Wildman–Crippen MR) is 85.4 cm³/mol. The molecule has 132 valence electrons. The van der Waals surface area contributed by atoms with E-state index in [4.69, 9.17) is 0 Å². The van der Waals surface area contributed by atoms with Crippen LogP contribution in [0.1, 0.15) is 43.4 Å². The first-order valence-electron chi connectivity index (χ1n) is 7.74. The van der Waals surface area contributed by atoms with Gasteiger partial charge in [0.05, 0.1) is 5.56 Å². The fourth-order valence-electron chi connectivity index (χ4n) is 2.92. The summed E-state index contributed by atoms with van der Waals surface area (Å²) in [7, 11) is 0.